The Hall–Kier alpha value is -3.36. The van der Waals surface area contributed by atoms with Crippen molar-refractivity contribution in [2.75, 3.05) is 17.1 Å². The van der Waals surface area contributed by atoms with Gasteiger partial charge in [0, 0.05) is 24.0 Å². The van der Waals surface area contributed by atoms with E-state index in [-0.39, 0.29) is 24.9 Å². The highest BCUT2D eigenvalue weighted by Crippen LogP contribution is 2.26. The van der Waals surface area contributed by atoms with Crippen LogP contribution in [0.3, 0.4) is 0 Å². The SMILES string of the molecule is CC[C@H](C)NC(=O)[C@H](Cc1ccccc1)N(Cc1ccc(Cl)cc1)C(=O)CN(c1cccc(C)c1C)S(C)(=O)=O. The van der Waals surface area contributed by atoms with Gasteiger partial charge in [-0.05, 0) is 67.6 Å². The molecule has 3 rings (SSSR count). The molecular formula is C31H38ClN3O4S. The van der Waals surface area contributed by atoms with Crippen LogP contribution in [0.1, 0.15) is 42.5 Å². The maximum Gasteiger partial charge on any atom is 0.244 e. The Morgan fingerprint density at radius 2 is 1.57 bits per heavy atom. The first-order chi connectivity index (χ1) is 18.9. The lowest BCUT2D eigenvalue weighted by Crippen LogP contribution is -2.54. The van der Waals surface area contributed by atoms with Gasteiger partial charge in [0.05, 0.1) is 11.9 Å². The van der Waals surface area contributed by atoms with Crippen LogP contribution >= 0.6 is 11.6 Å². The van der Waals surface area contributed by atoms with E-state index in [2.05, 4.69) is 5.32 Å². The monoisotopic (exact) mass is 583 g/mol. The highest BCUT2D eigenvalue weighted by Gasteiger charge is 2.33. The molecule has 0 radical (unpaired) electrons. The Bertz CT molecular complexity index is 1410. The fraction of sp³-hybridized carbons (Fsp3) is 0.355. The van der Waals surface area contributed by atoms with Crippen LogP contribution in [0.15, 0.2) is 72.8 Å². The third-order valence-corrected chi connectivity index (χ3v) is 8.44. The summed E-state index contributed by atoms with van der Waals surface area (Å²) in [6.45, 7) is 7.26. The molecule has 0 unspecified atom stereocenters. The minimum absolute atomic E-state index is 0.0966. The van der Waals surface area contributed by atoms with Crippen molar-refractivity contribution in [3.63, 3.8) is 0 Å². The molecule has 9 heteroatoms. The second-order valence-corrected chi connectivity index (χ2v) is 12.5. The van der Waals surface area contributed by atoms with E-state index in [0.717, 1.165) is 39.2 Å². The van der Waals surface area contributed by atoms with Gasteiger partial charge in [0.15, 0.2) is 0 Å². The summed E-state index contributed by atoms with van der Waals surface area (Å²) in [5.74, 6) is -0.778. The molecular weight excluding hydrogens is 546 g/mol. The van der Waals surface area contributed by atoms with Crippen molar-refractivity contribution in [2.45, 2.75) is 59.2 Å². The van der Waals surface area contributed by atoms with Gasteiger partial charge in [0.25, 0.3) is 0 Å². The number of halogens is 1. The van der Waals surface area contributed by atoms with Crippen molar-refractivity contribution in [1.82, 2.24) is 10.2 Å². The molecule has 0 bridgehead atoms. The van der Waals surface area contributed by atoms with Gasteiger partial charge in [-0.25, -0.2) is 8.42 Å². The molecule has 2 amide bonds. The smallest absolute Gasteiger partial charge is 0.244 e. The normalized spacial score (nSPS) is 12.8. The van der Waals surface area contributed by atoms with Crippen LogP contribution in [0.5, 0.6) is 0 Å². The zero-order valence-electron chi connectivity index (χ0n) is 23.7. The second kappa shape index (κ2) is 13.8. The summed E-state index contributed by atoms with van der Waals surface area (Å²) in [5, 5.41) is 3.58. The fourth-order valence-electron chi connectivity index (χ4n) is 4.38. The van der Waals surface area contributed by atoms with E-state index in [1.807, 2.05) is 64.1 Å². The summed E-state index contributed by atoms with van der Waals surface area (Å²) in [7, 11) is -3.82. The molecule has 0 saturated carbocycles. The lowest BCUT2D eigenvalue weighted by molar-refractivity contribution is -0.140. The van der Waals surface area contributed by atoms with Crippen LogP contribution in [0, 0.1) is 13.8 Å². The number of hydrogen-bond donors (Lipinski definition) is 1. The summed E-state index contributed by atoms with van der Waals surface area (Å²) >= 11 is 6.10. The average Bonchev–Trinajstić information content (AvgIpc) is 2.91. The number of carbonyl (C=O) groups excluding carboxylic acids is 2. The van der Waals surface area contributed by atoms with Gasteiger partial charge in [-0.15, -0.1) is 0 Å². The van der Waals surface area contributed by atoms with Crippen molar-refractivity contribution < 1.29 is 18.0 Å². The summed E-state index contributed by atoms with van der Waals surface area (Å²) in [4.78, 5) is 29.3. The Morgan fingerprint density at radius 3 is 2.17 bits per heavy atom. The molecule has 0 aromatic heterocycles. The molecule has 214 valence electrons. The predicted octanol–water partition coefficient (Wildman–Crippen LogP) is 5.28. The molecule has 1 N–H and O–H groups in total. The molecule has 0 spiro atoms. The molecule has 3 aromatic rings. The van der Waals surface area contributed by atoms with Crippen molar-refractivity contribution in [3.8, 4) is 0 Å². The highest BCUT2D eigenvalue weighted by atomic mass is 35.5. The largest absolute Gasteiger partial charge is 0.352 e. The van der Waals surface area contributed by atoms with Gasteiger partial charge >= 0.3 is 0 Å². The quantitative estimate of drug-likeness (QED) is 0.314. The van der Waals surface area contributed by atoms with E-state index < -0.39 is 28.5 Å². The minimum Gasteiger partial charge on any atom is -0.352 e. The number of aryl methyl sites for hydroxylation is 1. The number of carbonyl (C=O) groups is 2. The first-order valence-electron chi connectivity index (χ1n) is 13.3. The molecule has 0 aliphatic rings. The van der Waals surface area contributed by atoms with Crippen LogP contribution in [0.2, 0.25) is 5.02 Å². The molecule has 0 aliphatic heterocycles. The molecule has 0 heterocycles. The number of sulfonamides is 1. The van der Waals surface area contributed by atoms with Gasteiger partial charge in [0.2, 0.25) is 21.8 Å². The molecule has 3 aromatic carbocycles. The lowest BCUT2D eigenvalue weighted by Gasteiger charge is -2.34. The fourth-order valence-corrected chi connectivity index (χ4v) is 5.41. The van der Waals surface area contributed by atoms with Crippen molar-refractivity contribution >= 4 is 39.1 Å². The number of anilines is 1. The molecule has 0 saturated heterocycles. The number of nitrogens with one attached hydrogen (secondary N) is 1. The maximum absolute atomic E-state index is 14.1. The third-order valence-electron chi connectivity index (χ3n) is 7.06. The van der Waals surface area contributed by atoms with Crippen molar-refractivity contribution in [2.24, 2.45) is 0 Å². The van der Waals surface area contributed by atoms with Gasteiger partial charge in [-0.3, -0.25) is 13.9 Å². The van der Waals surface area contributed by atoms with Crippen molar-refractivity contribution in [1.29, 1.82) is 0 Å². The number of rotatable bonds is 12. The van der Waals surface area contributed by atoms with E-state index in [1.165, 1.54) is 4.90 Å². The van der Waals surface area contributed by atoms with E-state index >= 15 is 0 Å². The number of amides is 2. The third kappa shape index (κ3) is 8.32. The van der Waals surface area contributed by atoms with Gasteiger partial charge in [-0.1, -0.05) is 73.1 Å². The van der Waals surface area contributed by atoms with E-state index in [1.54, 1.807) is 36.4 Å². The zero-order valence-corrected chi connectivity index (χ0v) is 25.3. The van der Waals surface area contributed by atoms with Crippen LogP contribution < -0.4 is 9.62 Å². The van der Waals surface area contributed by atoms with Crippen LogP contribution in [0.25, 0.3) is 0 Å². The molecule has 2 atom stereocenters. The zero-order chi connectivity index (χ0) is 29.4. The number of benzene rings is 3. The number of nitrogens with zero attached hydrogens (tertiary/aromatic N) is 2. The molecule has 0 aliphatic carbocycles. The Morgan fingerprint density at radius 1 is 0.925 bits per heavy atom. The standard InChI is InChI=1S/C31H38ClN3O4S/c1-6-23(3)33-31(37)29(19-25-12-8-7-9-13-25)34(20-26-15-17-27(32)18-16-26)30(36)21-35(40(5,38)39)28-14-10-11-22(2)24(28)4/h7-18,23,29H,6,19-21H2,1-5H3,(H,33,37)/t23-,29-/m0/s1. The maximum atomic E-state index is 14.1. The van der Waals surface area contributed by atoms with Crippen LogP contribution in [-0.2, 0) is 32.6 Å². The lowest BCUT2D eigenvalue weighted by atomic mass is 10.0. The minimum atomic E-state index is -3.82. The molecule has 7 nitrogen and oxygen atoms in total. The second-order valence-electron chi connectivity index (χ2n) is 10.2. The van der Waals surface area contributed by atoms with E-state index in [0.29, 0.717) is 10.7 Å². The molecule has 0 fully saturated rings. The van der Waals surface area contributed by atoms with Crippen molar-refractivity contribution in [3.05, 3.63) is 100 Å². The highest BCUT2D eigenvalue weighted by molar-refractivity contribution is 7.92. The predicted molar refractivity (Wildman–Crippen MR) is 162 cm³/mol. The Balaban J connectivity index is 2.08. The van der Waals surface area contributed by atoms with E-state index in [9.17, 15) is 18.0 Å². The van der Waals surface area contributed by atoms with E-state index in [4.69, 9.17) is 11.6 Å². The average molecular weight is 584 g/mol. The molecule has 40 heavy (non-hydrogen) atoms. The summed E-state index contributed by atoms with van der Waals surface area (Å²) in [5.41, 5.74) is 3.76. The summed E-state index contributed by atoms with van der Waals surface area (Å²) in [6, 6.07) is 20.9. The van der Waals surface area contributed by atoms with Crippen LogP contribution in [-0.4, -0.2) is 50.0 Å². The summed E-state index contributed by atoms with van der Waals surface area (Å²) < 4.78 is 27.1. The van der Waals surface area contributed by atoms with Gasteiger partial charge < -0.3 is 10.2 Å². The summed E-state index contributed by atoms with van der Waals surface area (Å²) in [6.07, 6.45) is 2.08. The number of hydrogen-bond acceptors (Lipinski definition) is 4. The first-order valence-corrected chi connectivity index (χ1v) is 15.6. The first kappa shape index (κ1) is 31.2. The van der Waals surface area contributed by atoms with Gasteiger partial charge in [-0.2, -0.15) is 0 Å². The topological polar surface area (TPSA) is 86.8 Å². The Kier molecular flexibility index (Phi) is 10.8. The van der Waals surface area contributed by atoms with Gasteiger partial charge in [0.1, 0.15) is 12.6 Å². The Labute approximate surface area is 243 Å². The van der Waals surface area contributed by atoms with Crippen LogP contribution in [0.4, 0.5) is 5.69 Å².